The molecule has 0 atom stereocenters. The molecular weight excluding hydrogens is 408 g/mol. The number of carbonyl (C=O) groups is 1. The number of nitrogens with one attached hydrogen (secondary N) is 2. The molecule has 0 unspecified atom stereocenters. The third kappa shape index (κ3) is 4.91. The van der Waals surface area contributed by atoms with Crippen molar-refractivity contribution in [2.75, 3.05) is 17.2 Å². The summed E-state index contributed by atoms with van der Waals surface area (Å²) in [6.07, 6.45) is 3.61. The van der Waals surface area contributed by atoms with Crippen molar-refractivity contribution in [1.82, 2.24) is 19.7 Å². The van der Waals surface area contributed by atoms with E-state index in [0.29, 0.717) is 24.6 Å². The average molecular weight is 429 g/mol. The third-order valence-corrected chi connectivity index (χ3v) is 4.47. The van der Waals surface area contributed by atoms with E-state index >= 15 is 0 Å². The summed E-state index contributed by atoms with van der Waals surface area (Å²) in [7, 11) is 0. The highest BCUT2D eigenvalue weighted by Gasteiger charge is 2.08. The summed E-state index contributed by atoms with van der Waals surface area (Å²) in [5.41, 5.74) is 3.73. The Balaban J connectivity index is 1.57. The van der Waals surface area contributed by atoms with Gasteiger partial charge in [-0.1, -0.05) is 22.0 Å². The highest BCUT2D eigenvalue weighted by molar-refractivity contribution is 9.10. The first-order valence-corrected chi connectivity index (χ1v) is 9.37. The number of carbonyl (C=O) groups excluding carboxylic acids is 1. The number of aromatic nitrogens is 4. The predicted octanol–water partition coefficient (Wildman–Crippen LogP) is 3.79. The lowest BCUT2D eigenvalue weighted by Crippen LogP contribution is -2.17. The first-order chi connectivity index (χ1) is 12.9. The van der Waals surface area contributed by atoms with Crippen molar-refractivity contribution in [3.05, 3.63) is 58.1 Å². The summed E-state index contributed by atoms with van der Waals surface area (Å²) >= 11 is 3.42. The van der Waals surface area contributed by atoms with Crippen LogP contribution in [0.2, 0.25) is 0 Å². The molecule has 27 heavy (non-hydrogen) atoms. The van der Waals surface area contributed by atoms with Gasteiger partial charge in [0, 0.05) is 28.8 Å². The van der Waals surface area contributed by atoms with Crippen LogP contribution in [-0.4, -0.2) is 32.2 Å². The zero-order valence-electron chi connectivity index (χ0n) is 15.5. The Morgan fingerprint density at radius 1 is 1.19 bits per heavy atom. The molecule has 0 bridgehead atoms. The molecule has 2 N–H and O–H groups in total. The first-order valence-electron chi connectivity index (χ1n) is 8.58. The van der Waals surface area contributed by atoms with Crippen molar-refractivity contribution < 1.29 is 4.79 Å². The lowest BCUT2D eigenvalue weighted by atomic mass is 10.2. The summed E-state index contributed by atoms with van der Waals surface area (Å²) < 4.78 is 2.67. The van der Waals surface area contributed by atoms with E-state index in [1.165, 1.54) is 0 Å². The molecule has 3 rings (SSSR count). The van der Waals surface area contributed by atoms with Crippen molar-refractivity contribution >= 4 is 33.3 Å². The molecule has 2 heterocycles. The Hall–Kier alpha value is -2.74. The van der Waals surface area contributed by atoms with E-state index in [0.717, 1.165) is 27.1 Å². The van der Waals surface area contributed by atoms with Crippen LogP contribution in [-0.2, 0) is 4.79 Å². The van der Waals surface area contributed by atoms with Crippen LogP contribution in [0.3, 0.4) is 0 Å². The van der Waals surface area contributed by atoms with Gasteiger partial charge in [0.05, 0.1) is 18.1 Å². The van der Waals surface area contributed by atoms with E-state index < -0.39 is 0 Å². The number of hydrogen-bond acceptors (Lipinski definition) is 5. The topological polar surface area (TPSA) is 84.7 Å². The van der Waals surface area contributed by atoms with Gasteiger partial charge in [0.2, 0.25) is 5.91 Å². The minimum absolute atomic E-state index is 0.0636. The van der Waals surface area contributed by atoms with Gasteiger partial charge in [-0.3, -0.25) is 9.78 Å². The summed E-state index contributed by atoms with van der Waals surface area (Å²) in [5.74, 6) is 1.18. The van der Waals surface area contributed by atoms with Crippen LogP contribution in [0.15, 0.2) is 41.1 Å². The average Bonchev–Trinajstić information content (AvgIpc) is 2.97. The maximum absolute atomic E-state index is 12.2. The molecule has 0 aliphatic heterocycles. The maximum Gasteiger partial charge on any atom is 0.226 e. The second-order valence-electron chi connectivity index (χ2n) is 6.29. The van der Waals surface area contributed by atoms with Gasteiger partial charge in [-0.25, -0.2) is 9.67 Å². The van der Waals surface area contributed by atoms with Crippen molar-refractivity contribution in [2.45, 2.75) is 27.2 Å². The molecule has 0 saturated carbocycles. The van der Waals surface area contributed by atoms with Crippen molar-refractivity contribution in [3.8, 4) is 5.82 Å². The molecule has 7 nitrogen and oxygen atoms in total. The molecule has 0 fully saturated rings. The fourth-order valence-electron chi connectivity index (χ4n) is 2.65. The first kappa shape index (κ1) is 19.0. The number of rotatable bonds is 6. The number of halogens is 1. The molecule has 0 aliphatic rings. The van der Waals surface area contributed by atoms with E-state index in [2.05, 4.69) is 41.6 Å². The Bertz CT molecular complexity index is 969. The second kappa shape index (κ2) is 8.30. The van der Waals surface area contributed by atoms with Gasteiger partial charge in [0.1, 0.15) is 5.82 Å². The van der Waals surface area contributed by atoms with Crippen LogP contribution in [0, 0.1) is 20.8 Å². The number of amides is 1. The van der Waals surface area contributed by atoms with Gasteiger partial charge < -0.3 is 10.6 Å². The Kier molecular flexibility index (Phi) is 5.85. The monoisotopic (exact) mass is 428 g/mol. The molecule has 0 aliphatic carbocycles. The fraction of sp³-hybridized carbons (Fsp3) is 0.263. The molecule has 0 saturated heterocycles. The zero-order valence-corrected chi connectivity index (χ0v) is 17.0. The smallest absolute Gasteiger partial charge is 0.226 e. The highest BCUT2D eigenvalue weighted by atomic mass is 79.9. The Morgan fingerprint density at radius 2 is 2.00 bits per heavy atom. The van der Waals surface area contributed by atoms with Gasteiger partial charge in [-0.05, 0) is 44.5 Å². The Labute approximate surface area is 166 Å². The van der Waals surface area contributed by atoms with Gasteiger partial charge in [-0.15, -0.1) is 0 Å². The molecule has 0 radical (unpaired) electrons. The molecule has 1 amide bonds. The fourth-order valence-corrected chi connectivity index (χ4v) is 3.01. The van der Waals surface area contributed by atoms with Gasteiger partial charge in [-0.2, -0.15) is 5.10 Å². The summed E-state index contributed by atoms with van der Waals surface area (Å²) in [6.45, 7) is 6.31. The van der Waals surface area contributed by atoms with Gasteiger partial charge >= 0.3 is 0 Å². The summed E-state index contributed by atoms with van der Waals surface area (Å²) in [6, 6.07) is 7.78. The van der Waals surface area contributed by atoms with Gasteiger partial charge in [0.15, 0.2) is 5.82 Å². The molecule has 140 valence electrons. The predicted molar refractivity (Wildman–Crippen MR) is 109 cm³/mol. The van der Waals surface area contributed by atoms with E-state index in [-0.39, 0.29) is 5.91 Å². The van der Waals surface area contributed by atoms with E-state index in [4.69, 9.17) is 0 Å². The number of benzene rings is 1. The number of aryl methyl sites for hydroxylation is 3. The highest BCUT2D eigenvalue weighted by Crippen LogP contribution is 2.20. The van der Waals surface area contributed by atoms with Crippen LogP contribution in [0.1, 0.15) is 23.4 Å². The summed E-state index contributed by atoms with van der Waals surface area (Å²) in [5, 5.41) is 10.5. The summed E-state index contributed by atoms with van der Waals surface area (Å²) in [4.78, 5) is 20.9. The van der Waals surface area contributed by atoms with E-state index in [1.54, 1.807) is 17.1 Å². The SMILES string of the molecule is Cc1cc(C)n(-c2cncc(NCCC(=O)Nc3cc(Br)ccc3C)n2)n1. The van der Waals surface area contributed by atoms with E-state index in [9.17, 15) is 4.79 Å². The third-order valence-electron chi connectivity index (χ3n) is 3.98. The van der Waals surface area contributed by atoms with E-state index in [1.807, 2.05) is 45.0 Å². The lowest BCUT2D eigenvalue weighted by molar-refractivity contribution is -0.115. The largest absolute Gasteiger partial charge is 0.368 e. The normalized spacial score (nSPS) is 10.7. The number of anilines is 2. The molecule has 2 aromatic heterocycles. The molecular formula is C19H21BrN6O. The lowest BCUT2D eigenvalue weighted by Gasteiger charge is -2.10. The quantitative estimate of drug-likeness (QED) is 0.623. The molecule has 3 aromatic rings. The van der Waals surface area contributed by atoms with Crippen LogP contribution in [0.25, 0.3) is 5.82 Å². The number of hydrogen-bond donors (Lipinski definition) is 2. The van der Waals surface area contributed by atoms with Crippen LogP contribution in [0.4, 0.5) is 11.5 Å². The zero-order chi connectivity index (χ0) is 19.4. The minimum atomic E-state index is -0.0636. The van der Waals surface area contributed by atoms with Crippen molar-refractivity contribution in [1.29, 1.82) is 0 Å². The second-order valence-corrected chi connectivity index (χ2v) is 7.20. The van der Waals surface area contributed by atoms with Crippen LogP contribution in [0.5, 0.6) is 0 Å². The van der Waals surface area contributed by atoms with Gasteiger partial charge in [0.25, 0.3) is 0 Å². The Morgan fingerprint density at radius 3 is 2.74 bits per heavy atom. The maximum atomic E-state index is 12.2. The molecule has 1 aromatic carbocycles. The van der Waals surface area contributed by atoms with Crippen molar-refractivity contribution in [3.63, 3.8) is 0 Å². The minimum Gasteiger partial charge on any atom is -0.368 e. The molecule has 0 spiro atoms. The van der Waals surface area contributed by atoms with Crippen LogP contribution >= 0.6 is 15.9 Å². The standard InChI is InChI=1S/C19H21BrN6O/c1-12-4-5-15(20)9-16(12)23-19(27)6-7-22-17-10-21-11-18(24-17)26-14(3)8-13(2)25-26/h4-5,8-11H,6-7H2,1-3H3,(H,22,24)(H,23,27). The number of nitrogens with zero attached hydrogens (tertiary/aromatic N) is 4. The van der Waals surface area contributed by atoms with Crippen molar-refractivity contribution in [2.24, 2.45) is 0 Å². The van der Waals surface area contributed by atoms with Crippen LogP contribution < -0.4 is 10.6 Å². The molecule has 8 heteroatoms.